The van der Waals surface area contributed by atoms with Gasteiger partial charge in [-0.1, -0.05) is 25.5 Å². The van der Waals surface area contributed by atoms with E-state index in [1.807, 2.05) is 26.1 Å². The zero-order valence-electron chi connectivity index (χ0n) is 14.9. The van der Waals surface area contributed by atoms with E-state index in [1.54, 1.807) is 12.1 Å². The maximum absolute atomic E-state index is 12.2. The molecule has 3 atom stereocenters. The number of rotatable bonds is 8. The van der Waals surface area contributed by atoms with Crippen molar-refractivity contribution in [2.24, 2.45) is 0 Å². The SMILES string of the molecule is CCCCP(=O)(O)CC1CN(C)C(Cc2ccc(C(=O)O)cc2)CO1. The predicted molar refractivity (Wildman–Crippen MR) is 97.7 cm³/mol. The van der Waals surface area contributed by atoms with Crippen LogP contribution >= 0.6 is 7.37 Å². The molecule has 0 spiro atoms. The van der Waals surface area contributed by atoms with E-state index in [4.69, 9.17) is 9.84 Å². The smallest absolute Gasteiger partial charge is 0.335 e. The van der Waals surface area contributed by atoms with Crippen molar-refractivity contribution < 1.29 is 24.1 Å². The van der Waals surface area contributed by atoms with Crippen LogP contribution in [0.2, 0.25) is 0 Å². The number of hydrogen-bond acceptors (Lipinski definition) is 4. The number of nitrogens with zero attached hydrogens (tertiary/aromatic N) is 1. The molecule has 1 aromatic rings. The first-order chi connectivity index (χ1) is 11.8. The van der Waals surface area contributed by atoms with Gasteiger partial charge in [-0.15, -0.1) is 0 Å². The minimum atomic E-state index is -3.11. The third-order valence-corrected chi connectivity index (χ3v) is 6.65. The van der Waals surface area contributed by atoms with Crippen molar-refractivity contribution in [1.82, 2.24) is 4.90 Å². The van der Waals surface area contributed by atoms with Crippen LogP contribution in [0.1, 0.15) is 35.7 Å². The summed E-state index contributed by atoms with van der Waals surface area (Å²) in [6.45, 7) is 3.16. The predicted octanol–water partition coefficient (Wildman–Crippen LogP) is 2.70. The molecule has 0 saturated carbocycles. The monoisotopic (exact) mass is 369 g/mol. The summed E-state index contributed by atoms with van der Waals surface area (Å²) in [5.41, 5.74) is 1.34. The van der Waals surface area contributed by atoms with E-state index in [0.717, 1.165) is 24.8 Å². The topological polar surface area (TPSA) is 87.1 Å². The van der Waals surface area contributed by atoms with Crippen molar-refractivity contribution in [2.75, 3.05) is 32.5 Å². The van der Waals surface area contributed by atoms with Gasteiger partial charge in [-0.2, -0.15) is 0 Å². The van der Waals surface area contributed by atoms with Crippen molar-refractivity contribution in [1.29, 1.82) is 0 Å². The molecule has 7 heteroatoms. The third kappa shape index (κ3) is 6.23. The summed E-state index contributed by atoms with van der Waals surface area (Å²) in [4.78, 5) is 23.1. The Morgan fingerprint density at radius 3 is 2.60 bits per heavy atom. The lowest BCUT2D eigenvalue weighted by atomic mass is 10.0. The lowest BCUT2D eigenvalue weighted by molar-refractivity contribution is -0.0433. The first kappa shape index (κ1) is 20.1. The lowest BCUT2D eigenvalue weighted by Crippen LogP contribution is -2.49. The normalized spacial score (nSPS) is 24.0. The Labute approximate surface area is 149 Å². The van der Waals surface area contributed by atoms with Crippen LogP contribution < -0.4 is 0 Å². The molecule has 1 heterocycles. The number of carbonyl (C=O) groups is 1. The molecule has 2 N–H and O–H groups in total. The highest BCUT2D eigenvalue weighted by Crippen LogP contribution is 2.43. The molecule has 25 heavy (non-hydrogen) atoms. The maximum Gasteiger partial charge on any atom is 0.335 e. The summed E-state index contributed by atoms with van der Waals surface area (Å²) in [5.74, 6) is -0.927. The highest BCUT2D eigenvalue weighted by Gasteiger charge is 2.31. The molecule has 2 rings (SSSR count). The van der Waals surface area contributed by atoms with Gasteiger partial charge in [-0.3, -0.25) is 9.46 Å². The fourth-order valence-corrected chi connectivity index (χ4v) is 4.94. The summed E-state index contributed by atoms with van der Waals surface area (Å²) < 4.78 is 18.1. The highest BCUT2D eigenvalue weighted by molar-refractivity contribution is 7.58. The van der Waals surface area contributed by atoms with Gasteiger partial charge >= 0.3 is 5.97 Å². The molecular formula is C18H28NO5P. The van der Waals surface area contributed by atoms with E-state index in [9.17, 15) is 14.3 Å². The van der Waals surface area contributed by atoms with Crippen molar-refractivity contribution >= 4 is 13.3 Å². The molecule has 0 aromatic heterocycles. The molecular weight excluding hydrogens is 341 g/mol. The van der Waals surface area contributed by atoms with Crippen LogP contribution in [0.3, 0.4) is 0 Å². The highest BCUT2D eigenvalue weighted by atomic mass is 31.2. The van der Waals surface area contributed by atoms with Gasteiger partial charge in [0.1, 0.15) is 0 Å². The van der Waals surface area contributed by atoms with E-state index >= 15 is 0 Å². The maximum atomic E-state index is 12.2. The second-order valence-corrected chi connectivity index (χ2v) is 9.37. The number of benzene rings is 1. The zero-order valence-corrected chi connectivity index (χ0v) is 15.8. The Kier molecular flexibility index (Phi) is 7.20. The van der Waals surface area contributed by atoms with Crippen molar-refractivity contribution in [3.05, 3.63) is 35.4 Å². The van der Waals surface area contributed by atoms with E-state index < -0.39 is 13.3 Å². The van der Waals surface area contributed by atoms with Crippen LogP contribution in [0.15, 0.2) is 24.3 Å². The molecule has 0 bridgehead atoms. The number of morpholine rings is 1. The van der Waals surface area contributed by atoms with Crippen LogP contribution in [-0.4, -0.2) is 65.5 Å². The van der Waals surface area contributed by atoms with Gasteiger partial charge in [0, 0.05) is 18.7 Å². The van der Waals surface area contributed by atoms with Gasteiger partial charge in [-0.25, -0.2) is 4.79 Å². The van der Waals surface area contributed by atoms with Crippen molar-refractivity contribution in [3.63, 3.8) is 0 Å². The van der Waals surface area contributed by atoms with Crippen LogP contribution in [-0.2, 0) is 15.7 Å². The first-order valence-corrected chi connectivity index (χ1v) is 10.8. The van der Waals surface area contributed by atoms with Crippen LogP contribution in [0, 0.1) is 0 Å². The Morgan fingerprint density at radius 1 is 1.36 bits per heavy atom. The minimum Gasteiger partial charge on any atom is -0.478 e. The van der Waals surface area contributed by atoms with E-state index in [0.29, 0.717) is 19.3 Å². The number of carboxylic acids is 1. The quantitative estimate of drug-likeness (QED) is 0.685. The number of likely N-dealkylation sites (N-methyl/N-ethyl adjacent to an activating group) is 1. The molecule has 1 aliphatic rings. The number of carboxylic acid groups (broad SMARTS) is 1. The van der Waals surface area contributed by atoms with Gasteiger partial charge in [-0.05, 0) is 37.6 Å². The Morgan fingerprint density at radius 2 is 2.04 bits per heavy atom. The van der Waals surface area contributed by atoms with Crippen LogP contribution in [0.25, 0.3) is 0 Å². The lowest BCUT2D eigenvalue weighted by Gasteiger charge is -2.38. The second kappa shape index (κ2) is 8.95. The molecule has 0 aliphatic carbocycles. The Balaban J connectivity index is 1.86. The number of ether oxygens (including phenoxy) is 1. The van der Waals surface area contributed by atoms with Crippen LogP contribution in [0.5, 0.6) is 0 Å². The number of unbranched alkanes of at least 4 members (excludes halogenated alkanes) is 1. The van der Waals surface area contributed by atoms with Crippen LogP contribution in [0.4, 0.5) is 0 Å². The molecule has 1 saturated heterocycles. The van der Waals surface area contributed by atoms with E-state index in [1.165, 1.54) is 0 Å². The Hall–Kier alpha value is -1.20. The Bertz CT molecular complexity index is 618. The summed E-state index contributed by atoms with van der Waals surface area (Å²) in [6, 6.07) is 7.06. The largest absolute Gasteiger partial charge is 0.478 e. The van der Waals surface area contributed by atoms with Gasteiger partial charge in [0.25, 0.3) is 0 Å². The summed E-state index contributed by atoms with van der Waals surface area (Å²) >= 11 is 0. The number of aromatic carboxylic acids is 1. The van der Waals surface area contributed by atoms with E-state index in [-0.39, 0.29) is 23.9 Å². The third-order valence-electron chi connectivity index (χ3n) is 4.66. The molecule has 140 valence electrons. The summed E-state index contributed by atoms with van der Waals surface area (Å²) in [6.07, 6.45) is 2.83. The average molecular weight is 369 g/mol. The first-order valence-electron chi connectivity index (χ1n) is 8.75. The van der Waals surface area contributed by atoms with Gasteiger partial charge in [0.15, 0.2) is 0 Å². The second-order valence-electron chi connectivity index (χ2n) is 6.86. The van der Waals surface area contributed by atoms with Crippen molar-refractivity contribution in [3.8, 4) is 0 Å². The van der Waals surface area contributed by atoms with Gasteiger partial charge < -0.3 is 14.7 Å². The average Bonchev–Trinajstić information content (AvgIpc) is 2.56. The zero-order chi connectivity index (χ0) is 18.4. The van der Waals surface area contributed by atoms with Crippen molar-refractivity contribution in [2.45, 2.75) is 38.3 Å². The fraction of sp³-hybridized carbons (Fsp3) is 0.611. The summed E-state index contributed by atoms with van der Waals surface area (Å²) in [7, 11) is -1.11. The molecule has 0 amide bonds. The minimum absolute atomic E-state index is 0.181. The molecule has 0 radical (unpaired) electrons. The number of hydrogen-bond donors (Lipinski definition) is 2. The van der Waals surface area contributed by atoms with Gasteiger partial charge in [0.2, 0.25) is 7.37 Å². The molecule has 6 nitrogen and oxygen atoms in total. The molecule has 1 aromatic carbocycles. The molecule has 3 unspecified atom stereocenters. The summed E-state index contributed by atoms with van der Waals surface area (Å²) in [5, 5.41) is 8.94. The molecule has 1 fully saturated rings. The standard InChI is InChI=1S/C18H28NO5P/c1-3-4-9-25(22,23)13-17-11-19(2)16(12-24-17)10-14-5-7-15(8-6-14)18(20)21/h5-8,16-17H,3-4,9-13H2,1-2H3,(H,20,21)(H,22,23). The fourth-order valence-electron chi connectivity index (χ4n) is 3.09. The van der Waals surface area contributed by atoms with E-state index in [2.05, 4.69) is 4.90 Å². The van der Waals surface area contributed by atoms with Gasteiger partial charge in [0.05, 0.1) is 24.4 Å². The molecule has 1 aliphatic heterocycles.